The minimum Gasteiger partial charge on any atom is -0.334 e. The number of hydrogen-bond donors (Lipinski definition) is 0. The second-order valence-electron chi connectivity index (χ2n) is 5.97. The van der Waals surface area contributed by atoms with Gasteiger partial charge in [-0.3, -0.25) is 0 Å². The molecule has 0 saturated heterocycles. The minimum absolute atomic E-state index is 0.235. The Morgan fingerprint density at radius 3 is 2.73 bits per heavy atom. The maximum Gasteiger partial charge on any atom is 0.259 e. The molecule has 0 bridgehead atoms. The van der Waals surface area contributed by atoms with E-state index in [2.05, 4.69) is 20.1 Å². The molecule has 2 unspecified atom stereocenters. The number of aliphatic imine (C=N–C) groups is 2. The van der Waals surface area contributed by atoms with Crippen molar-refractivity contribution in [1.82, 2.24) is 14.6 Å². The Morgan fingerprint density at radius 1 is 1.08 bits per heavy atom. The molecule has 0 aliphatic carbocycles. The predicted molar refractivity (Wildman–Crippen MR) is 104 cm³/mol. The van der Waals surface area contributed by atoms with Crippen molar-refractivity contribution in [3.05, 3.63) is 64.4 Å². The number of rotatable bonds is 3. The summed E-state index contributed by atoms with van der Waals surface area (Å²) >= 11 is 12.4. The average molecular weight is 387 g/mol. The Kier molecular flexibility index (Phi) is 4.32. The highest BCUT2D eigenvalue weighted by molar-refractivity contribution is 6.33. The molecular weight excluding hydrogens is 373 g/mol. The van der Waals surface area contributed by atoms with Gasteiger partial charge in [0.25, 0.3) is 17.9 Å². The summed E-state index contributed by atoms with van der Waals surface area (Å²) in [6.45, 7) is 0. The maximum absolute atomic E-state index is 6.23. The summed E-state index contributed by atoms with van der Waals surface area (Å²) in [6.07, 6.45) is 2.81. The third-order valence-corrected chi connectivity index (χ3v) is 4.80. The fourth-order valence-corrected chi connectivity index (χ4v) is 3.25. The standard InChI is InChI=1S/C18H14Cl2N5O/c1-25(13-6-4-5-12(19)9-13)11-21-10-22-17(25)16-23-18(26-24-16)14-7-2-3-8-15(14)20/h2-11,17H,1H3/q+1. The molecule has 130 valence electrons. The summed E-state index contributed by atoms with van der Waals surface area (Å²) in [7, 11) is 1.96. The van der Waals surface area contributed by atoms with Gasteiger partial charge in [0.05, 0.1) is 17.6 Å². The Morgan fingerprint density at radius 2 is 1.92 bits per heavy atom. The summed E-state index contributed by atoms with van der Waals surface area (Å²) in [4.78, 5) is 13.2. The van der Waals surface area contributed by atoms with Crippen LogP contribution in [0.4, 0.5) is 5.69 Å². The monoisotopic (exact) mass is 386 g/mol. The number of aromatic nitrogens is 2. The van der Waals surface area contributed by atoms with E-state index in [4.69, 9.17) is 27.7 Å². The quantitative estimate of drug-likeness (QED) is 0.610. The molecule has 0 fully saturated rings. The highest BCUT2D eigenvalue weighted by Crippen LogP contribution is 2.36. The van der Waals surface area contributed by atoms with E-state index in [-0.39, 0.29) is 4.48 Å². The Bertz CT molecular complexity index is 1020. The third-order valence-electron chi connectivity index (χ3n) is 4.23. The van der Waals surface area contributed by atoms with Crippen LogP contribution < -0.4 is 4.48 Å². The van der Waals surface area contributed by atoms with Crippen molar-refractivity contribution in [3.63, 3.8) is 0 Å². The molecule has 0 saturated carbocycles. The van der Waals surface area contributed by atoms with Crippen LogP contribution in [0, 0.1) is 0 Å². The highest BCUT2D eigenvalue weighted by Gasteiger charge is 2.40. The lowest BCUT2D eigenvalue weighted by Gasteiger charge is -2.33. The van der Waals surface area contributed by atoms with Gasteiger partial charge >= 0.3 is 0 Å². The second-order valence-corrected chi connectivity index (χ2v) is 6.81. The van der Waals surface area contributed by atoms with Gasteiger partial charge in [0, 0.05) is 11.1 Å². The molecule has 3 aromatic rings. The normalized spacial score (nSPS) is 21.9. The van der Waals surface area contributed by atoms with E-state index < -0.39 is 6.17 Å². The Balaban J connectivity index is 1.76. The van der Waals surface area contributed by atoms with E-state index in [9.17, 15) is 0 Å². The number of nitrogens with zero attached hydrogens (tertiary/aromatic N) is 5. The molecular formula is C18H14Cl2N5O+. The second kappa shape index (κ2) is 6.64. The third kappa shape index (κ3) is 2.92. The summed E-state index contributed by atoms with van der Waals surface area (Å²) in [6, 6.07) is 14.9. The van der Waals surface area contributed by atoms with Crippen LogP contribution in [0.15, 0.2) is 63.0 Å². The topological polar surface area (TPSA) is 63.6 Å². The van der Waals surface area contributed by atoms with Crippen molar-refractivity contribution in [2.45, 2.75) is 6.17 Å². The van der Waals surface area contributed by atoms with Crippen molar-refractivity contribution in [2.75, 3.05) is 7.05 Å². The predicted octanol–water partition coefficient (Wildman–Crippen LogP) is 4.75. The molecule has 0 amide bonds. The molecule has 1 aliphatic rings. The van der Waals surface area contributed by atoms with E-state index in [0.717, 1.165) is 5.69 Å². The largest absolute Gasteiger partial charge is 0.334 e. The number of halogens is 2. The number of quaternary nitrogens is 1. The lowest BCUT2D eigenvalue weighted by Crippen LogP contribution is -2.48. The van der Waals surface area contributed by atoms with Crippen molar-refractivity contribution in [2.24, 2.45) is 9.98 Å². The molecule has 8 heteroatoms. The average Bonchev–Trinajstić information content (AvgIpc) is 3.12. The van der Waals surface area contributed by atoms with Gasteiger partial charge in [-0.2, -0.15) is 9.98 Å². The molecule has 0 radical (unpaired) electrons. The van der Waals surface area contributed by atoms with Crippen LogP contribution in [-0.4, -0.2) is 29.9 Å². The molecule has 2 heterocycles. The van der Waals surface area contributed by atoms with Crippen LogP contribution >= 0.6 is 23.2 Å². The lowest BCUT2D eigenvalue weighted by atomic mass is 10.2. The molecule has 2 aromatic carbocycles. The summed E-state index contributed by atoms with van der Waals surface area (Å²) in [5.74, 6) is 0.783. The SMILES string of the molecule is C[N+]1(c2cccc(Cl)c2)C=NC=NC1c1noc(-c2ccccc2Cl)n1. The first kappa shape index (κ1) is 16.9. The van der Waals surface area contributed by atoms with Crippen molar-refractivity contribution < 1.29 is 4.52 Å². The van der Waals surface area contributed by atoms with E-state index in [1.54, 1.807) is 12.4 Å². The van der Waals surface area contributed by atoms with Crippen LogP contribution in [0.3, 0.4) is 0 Å². The Hall–Kier alpha value is -2.54. The summed E-state index contributed by atoms with van der Waals surface area (Å²) in [5, 5.41) is 5.31. The minimum atomic E-state index is -0.453. The van der Waals surface area contributed by atoms with Crippen molar-refractivity contribution in [1.29, 1.82) is 0 Å². The molecule has 26 heavy (non-hydrogen) atoms. The van der Waals surface area contributed by atoms with E-state index >= 15 is 0 Å². The fraction of sp³-hybridized carbons (Fsp3) is 0.111. The fourth-order valence-electron chi connectivity index (χ4n) is 2.85. The molecule has 1 aromatic heterocycles. The van der Waals surface area contributed by atoms with Gasteiger partial charge in [-0.25, -0.2) is 9.48 Å². The zero-order chi connectivity index (χ0) is 18.1. The van der Waals surface area contributed by atoms with Gasteiger partial charge in [-0.05, 0) is 24.3 Å². The molecule has 1 aliphatic heterocycles. The van der Waals surface area contributed by atoms with Crippen LogP contribution in [0.5, 0.6) is 0 Å². The molecule has 4 rings (SSSR count). The molecule has 6 nitrogen and oxygen atoms in total. The van der Waals surface area contributed by atoms with Gasteiger partial charge in [0.15, 0.2) is 6.34 Å². The lowest BCUT2D eigenvalue weighted by molar-refractivity contribution is 0.347. The molecule has 2 atom stereocenters. The smallest absolute Gasteiger partial charge is 0.259 e. The van der Waals surface area contributed by atoms with Gasteiger partial charge in [0.1, 0.15) is 12.0 Å². The van der Waals surface area contributed by atoms with Crippen LogP contribution in [-0.2, 0) is 0 Å². The summed E-state index contributed by atoms with van der Waals surface area (Å²) < 4.78 is 5.67. The van der Waals surface area contributed by atoms with E-state index in [0.29, 0.717) is 27.3 Å². The maximum atomic E-state index is 6.23. The first-order valence-corrected chi connectivity index (χ1v) is 8.60. The van der Waals surface area contributed by atoms with Crippen LogP contribution in [0.2, 0.25) is 10.0 Å². The first-order chi connectivity index (χ1) is 12.6. The van der Waals surface area contributed by atoms with E-state index in [1.165, 1.54) is 6.34 Å². The first-order valence-electron chi connectivity index (χ1n) is 7.84. The van der Waals surface area contributed by atoms with Gasteiger partial charge in [-0.1, -0.05) is 46.6 Å². The van der Waals surface area contributed by atoms with Crippen LogP contribution in [0.25, 0.3) is 11.5 Å². The number of hydrogen-bond acceptors (Lipinski definition) is 5. The Labute approximate surface area is 160 Å². The zero-order valence-electron chi connectivity index (χ0n) is 13.8. The van der Waals surface area contributed by atoms with Crippen molar-refractivity contribution >= 4 is 41.6 Å². The van der Waals surface area contributed by atoms with Gasteiger partial charge in [-0.15, -0.1) is 0 Å². The van der Waals surface area contributed by atoms with Gasteiger partial charge < -0.3 is 4.52 Å². The van der Waals surface area contributed by atoms with Crippen LogP contribution in [0.1, 0.15) is 12.0 Å². The van der Waals surface area contributed by atoms with Gasteiger partial charge in [0.2, 0.25) is 0 Å². The van der Waals surface area contributed by atoms with E-state index in [1.807, 2.05) is 49.5 Å². The number of benzene rings is 2. The summed E-state index contributed by atoms with van der Waals surface area (Å²) in [5.41, 5.74) is 1.59. The van der Waals surface area contributed by atoms with Crippen molar-refractivity contribution in [3.8, 4) is 11.5 Å². The highest BCUT2D eigenvalue weighted by atomic mass is 35.5. The molecule has 0 N–H and O–H groups in total. The molecule has 0 spiro atoms. The zero-order valence-corrected chi connectivity index (χ0v) is 15.3.